The van der Waals surface area contributed by atoms with Crippen molar-refractivity contribution < 1.29 is 9.47 Å². The van der Waals surface area contributed by atoms with Crippen LogP contribution in [0.15, 0.2) is 47.4 Å². The van der Waals surface area contributed by atoms with Crippen molar-refractivity contribution in [3.05, 3.63) is 58.5 Å². The number of benzene rings is 2. The minimum Gasteiger partial charge on any atom is -0.454 e. The largest absolute Gasteiger partial charge is 0.454 e. The van der Waals surface area contributed by atoms with Crippen LogP contribution in [-0.4, -0.2) is 22.0 Å². The van der Waals surface area contributed by atoms with Gasteiger partial charge in [-0.05, 0) is 30.3 Å². The first-order chi connectivity index (χ1) is 12.3. The van der Waals surface area contributed by atoms with Gasteiger partial charge in [0.15, 0.2) is 11.5 Å². The number of ether oxygens (including phenoxy) is 2. The fraction of sp³-hybridized carbons (Fsp3) is 0.111. The normalized spacial score (nSPS) is 12.8. The Balaban J connectivity index is 1.46. The van der Waals surface area contributed by atoms with Gasteiger partial charge in [0.25, 0.3) is 5.56 Å². The van der Waals surface area contributed by atoms with Gasteiger partial charge >= 0.3 is 0 Å². The van der Waals surface area contributed by atoms with E-state index in [0.717, 1.165) is 27.5 Å². The summed E-state index contributed by atoms with van der Waals surface area (Å²) in [5.74, 6) is 1.35. The molecule has 0 bridgehead atoms. The number of fused-ring (bicyclic) bond motifs is 3. The minimum atomic E-state index is -0.122. The van der Waals surface area contributed by atoms with E-state index in [1.165, 1.54) is 0 Å². The Morgan fingerprint density at radius 2 is 1.92 bits per heavy atom. The molecule has 0 saturated heterocycles. The number of rotatable bonds is 3. The Morgan fingerprint density at radius 3 is 2.84 bits per heavy atom. The van der Waals surface area contributed by atoms with Crippen LogP contribution in [0.4, 0.5) is 5.69 Å². The van der Waals surface area contributed by atoms with Crippen LogP contribution in [0, 0.1) is 0 Å². The third kappa shape index (κ3) is 2.37. The summed E-state index contributed by atoms with van der Waals surface area (Å²) in [6.07, 6.45) is 1.77. The second-order valence-electron chi connectivity index (χ2n) is 5.94. The molecule has 0 aliphatic carbocycles. The molecule has 0 fully saturated rings. The molecule has 7 heteroatoms. The van der Waals surface area contributed by atoms with Gasteiger partial charge < -0.3 is 19.8 Å². The first-order valence-electron chi connectivity index (χ1n) is 7.89. The standard InChI is InChI=1S/C18H14N4O3/c23-18-12(7-19-13-1-2-14-11(4-13)8-20-22-14)3-10-5-16-17(25-9-24-16)6-15(10)21-18/h1-6,8,19H,7,9H2,(H,20,22)(H,21,23). The predicted molar refractivity (Wildman–Crippen MR) is 94.1 cm³/mol. The van der Waals surface area contributed by atoms with Crippen molar-refractivity contribution in [1.82, 2.24) is 15.2 Å². The highest BCUT2D eigenvalue weighted by Gasteiger charge is 2.15. The quantitative estimate of drug-likeness (QED) is 0.536. The molecule has 4 aromatic rings. The highest BCUT2D eigenvalue weighted by molar-refractivity contribution is 5.84. The van der Waals surface area contributed by atoms with Gasteiger partial charge in [-0.2, -0.15) is 5.10 Å². The lowest BCUT2D eigenvalue weighted by atomic mass is 10.1. The average Bonchev–Trinajstić information content (AvgIpc) is 3.26. The molecule has 0 radical (unpaired) electrons. The average molecular weight is 334 g/mol. The second kappa shape index (κ2) is 5.27. The molecule has 0 spiro atoms. The Kier molecular flexibility index (Phi) is 2.93. The van der Waals surface area contributed by atoms with E-state index in [9.17, 15) is 4.79 Å². The first-order valence-corrected chi connectivity index (χ1v) is 7.89. The SMILES string of the molecule is O=c1[nH]c2cc3c(cc2cc1CNc1ccc2[nH]ncc2c1)OCO3. The van der Waals surface area contributed by atoms with Crippen LogP contribution >= 0.6 is 0 Å². The van der Waals surface area contributed by atoms with E-state index >= 15 is 0 Å². The zero-order chi connectivity index (χ0) is 16.8. The van der Waals surface area contributed by atoms with E-state index in [-0.39, 0.29) is 12.4 Å². The second-order valence-corrected chi connectivity index (χ2v) is 5.94. The molecule has 3 heterocycles. The Bertz CT molecular complexity index is 1160. The lowest BCUT2D eigenvalue weighted by Crippen LogP contribution is -2.15. The van der Waals surface area contributed by atoms with Crippen LogP contribution in [0.3, 0.4) is 0 Å². The summed E-state index contributed by atoms with van der Waals surface area (Å²) in [6.45, 7) is 0.629. The number of aromatic amines is 2. The molecule has 0 saturated carbocycles. The number of pyridine rings is 1. The maximum Gasteiger partial charge on any atom is 0.253 e. The molecule has 0 atom stereocenters. The van der Waals surface area contributed by atoms with Crippen LogP contribution in [-0.2, 0) is 6.54 Å². The Hall–Kier alpha value is -3.48. The zero-order valence-electron chi connectivity index (χ0n) is 13.1. The van der Waals surface area contributed by atoms with Crippen molar-refractivity contribution in [3.8, 4) is 11.5 Å². The van der Waals surface area contributed by atoms with Crippen molar-refractivity contribution >= 4 is 27.5 Å². The summed E-state index contributed by atoms with van der Waals surface area (Å²) in [7, 11) is 0. The van der Waals surface area contributed by atoms with Gasteiger partial charge in [-0.1, -0.05) is 0 Å². The summed E-state index contributed by atoms with van der Waals surface area (Å²) in [5.41, 5.74) is 3.17. The van der Waals surface area contributed by atoms with E-state index in [4.69, 9.17) is 9.47 Å². The van der Waals surface area contributed by atoms with E-state index in [1.807, 2.05) is 30.3 Å². The van der Waals surface area contributed by atoms with Crippen LogP contribution in [0.1, 0.15) is 5.56 Å². The summed E-state index contributed by atoms with van der Waals surface area (Å²) in [4.78, 5) is 15.2. The van der Waals surface area contributed by atoms with Crippen LogP contribution in [0.5, 0.6) is 11.5 Å². The lowest BCUT2D eigenvalue weighted by molar-refractivity contribution is 0.174. The van der Waals surface area contributed by atoms with E-state index in [1.54, 1.807) is 12.3 Å². The molecular weight excluding hydrogens is 320 g/mol. The number of aromatic nitrogens is 3. The van der Waals surface area contributed by atoms with Crippen molar-refractivity contribution in [3.63, 3.8) is 0 Å². The van der Waals surface area contributed by atoms with Gasteiger partial charge in [-0.25, -0.2) is 0 Å². The third-order valence-electron chi connectivity index (χ3n) is 4.34. The number of nitrogens with zero attached hydrogens (tertiary/aromatic N) is 1. The molecule has 5 rings (SSSR count). The molecule has 25 heavy (non-hydrogen) atoms. The van der Waals surface area contributed by atoms with Gasteiger partial charge in [0.2, 0.25) is 6.79 Å². The molecule has 1 aliphatic rings. The maximum absolute atomic E-state index is 12.3. The molecule has 7 nitrogen and oxygen atoms in total. The monoisotopic (exact) mass is 334 g/mol. The molecule has 2 aromatic carbocycles. The highest BCUT2D eigenvalue weighted by Crippen LogP contribution is 2.35. The maximum atomic E-state index is 12.3. The molecule has 0 amide bonds. The summed E-state index contributed by atoms with van der Waals surface area (Å²) in [5, 5.41) is 12.1. The highest BCUT2D eigenvalue weighted by atomic mass is 16.7. The van der Waals surface area contributed by atoms with E-state index in [2.05, 4.69) is 20.5 Å². The van der Waals surface area contributed by atoms with Crippen LogP contribution in [0.2, 0.25) is 0 Å². The number of nitrogens with one attached hydrogen (secondary N) is 3. The van der Waals surface area contributed by atoms with Crippen molar-refractivity contribution in [2.45, 2.75) is 6.54 Å². The van der Waals surface area contributed by atoms with Gasteiger partial charge in [0.1, 0.15) is 0 Å². The van der Waals surface area contributed by atoms with Gasteiger partial charge in [0.05, 0.1) is 17.2 Å². The van der Waals surface area contributed by atoms with Crippen LogP contribution in [0.25, 0.3) is 21.8 Å². The predicted octanol–water partition coefficient (Wildman–Crippen LogP) is 2.75. The Labute approximate surface area is 141 Å². The molecule has 3 N–H and O–H groups in total. The zero-order valence-corrected chi connectivity index (χ0v) is 13.1. The van der Waals surface area contributed by atoms with Crippen LogP contribution < -0.4 is 20.3 Å². The number of hydrogen-bond donors (Lipinski definition) is 3. The number of hydrogen-bond acceptors (Lipinski definition) is 5. The molecule has 124 valence electrons. The van der Waals surface area contributed by atoms with Crippen molar-refractivity contribution in [2.75, 3.05) is 12.1 Å². The number of H-pyrrole nitrogens is 2. The molecule has 1 aliphatic heterocycles. The molecule has 2 aromatic heterocycles. The molecule has 0 unspecified atom stereocenters. The summed E-state index contributed by atoms with van der Waals surface area (Å²) in [6, 6.07) is 11.5. The minimum absolute atomic E-state index is 0.122. The summed E-state index contributed by atoms with van der Waals surface area (Å²) >= 11 is 0. The third-order valence-corrected chi connectivity index (χ3v) is 4.34. The van der Waals surface area contributed by atoms with Gasteiger partial charge in [-0.15, -0.1) is 0 Å². The smallest absolute Gasteiger partial charge is 0.253 e. The van der Waals surface area contributed by atoms with Crippen molar-refractivity contribution in [2.24, 2.45) is 0 Å². The fourth-order valence-corrected chi connectivity index (χ4v) is 3.02. The fourth-order valence-electron chi connectivity index (χ4n) is 3.02. The first kappa shape index (κ1) is 13.9. The van der Waals surface area contributed by atoms with E-state index < -0.39 is 0 Å². The van der Waals surface area contributed by atoms with Gasteiger partial charge in [0, 0.05) is 34.6 Å². The summed E-state index contributed by atoms with van der Waals surface area (Å²) < 4.78 is 10.7. The van der Waals surface area contributed by atoms with Crippen molar-refractivity contribution in [1.29, 1.82) is 0 Å². The van der Waals surface area contributed by atoms with Gasteiger partial charge in [-0.3, -0.25) is 9.89 Å². The number of anilines is 1. The Morgan fingerprint density at radius 1 is 1.04 bits per heavy atom. The van der Waals surface area contributed by atoms with E-state index in [0.29, 0.717) is 23.6 Å². The molecular formula is C18H14N4O3. The lowest BCUT2D eigenvalue weighted by Gasteiger charge is -2.08. The topological polar surface area (TPSA) is 92.0 Å².